The van der Waals surface area contributed by atoms with Crippen molar-refractivity contribution in [2.24, 2.45) is 10.2 Å². The second kappa shape index (κ2) is 13.6. The summed E-state index contributed by atoms with van der Waals surface area (Å²) in [5.74, 6) is 0. The van der Waals surface area contributed by atoms with Gasteiger partial charge in [0.1, 0.15) is 0 Å². The van der Waals surface area contributed by atoms with Gasteiger partial charge in [0.15, 0.2) is 0 Å². The minimum absolute atomic E-state index is 0.164. The molecule has 0 aromatic heterocycles. The predicted molar refractivity (Wildman–Crippen MR) is 160 cm³/mol. The van der Waals surface area contributed by atoms with E-state index >= 15 is 0 Å². The Kier molecular flexibility index (Phi) is 10.2. The van der Waals surface area contributed by atoms with Gasteiger partial charge in [-0.2, -0.15) is 4.31 Å². The SMILES string of the molecule is Cc1ccc(S(=O)(=O)N2C=C([C@H]3CC[C@@H](CCCN=[N+]=[N-])N3S(=O)(=O)c3ccc(C)cc3)C[C@H]2CCCN=[N+]=[N-])cc1. The fourth-order valence-electron chi connectivity index (χ4n) is 5.79. The summed E-state index contributed by atoms with van der Waals surface area (Å²) in [5, 5.41) is 7.20. The topological polar surface area (TPSA) is 172 Å². The van der Waals surface area contributed by atoms with E-state index in [4.69, 9.17) is 11.1 Å². The van der Waals surface area contributed by atoms with Gasteiger partial charge in [-0.25, -0.2) is 16.8 Å². The summed E-state index contributed by atoms with van der Waals surface area (Å²) in [7, 11) is -7.83. The van der Waals surface area contributed by atoms with Crippen LogP contribution in [-0.4, -0.2) is 56.7 Å². The third kappa shape index (κ3) is 6.91. The minimum Gasteiger partial charge on any atom is -0.270 e. The molecule has 0 bridgehead atoms. The van der Waals surface area contributed by atoms with E-state index in [1.165, 1.54) is 4.31 Å². The van der Waals surface area contributed by atoms with Gasteiger partial charge in [-0.1, -0.05) is 45.6 Å². The quantitative estimate of drug-likeness (QED) is 0.111. The van der Waals surface area contributed by atoms with Crippen LogP contribution in [0.1, 0.15) is 56.1 Å². The van der Waals surface area contributed by atoms with Crippen LogP contribution >= 0.6 is 0 Å². The molecule has 4 rings (SSSR count). The maximum Gasteiger partial charge on any atom is 0.264 e. The molecule has 42 heavy (non-hydrogen) atoms. The first kappa shape index (κ1) is 31.4. The van der Waals surface area contributed by atoms with E-state index in [1.54, 1.807) is 59.0 Å². The van der Waals surface area contributed by atoms with Gasteiger partial charge < -0.3 is 0 Å². The van der Waals surface area contributed by atoms with Gasteiger partial charge in [0, 0.05) is 47.2 Å². The van der Waals surface area contributed by atoms with Crippen LogP contribution in [0.15, 0.2) is 80.3 Å². The van der Waals surface area contributed by atoms with Crippen LogP contribution in [0.5, 0.6) is 0 Å². The van der Waals surface area contributed by atoms with Gasteiger partial charge >= 0.3 is 0 Å². The van der Waals surface area contributed by atoms with Crippen molar-refractivity contribution >= 4 is 20.0 Å². The molecule has 0 aliphatic carbocycles. The van der Waals surface area contributed by atoms with Crippen molar-refractivity contribution < 1.29 is 16.8 Å². The fourth-order valence-corrected chi connectivity index (χ4v) is 9.27. The van der Waals surface area contributed by atoms with Crippen LogP contribution in [-0.2, 0) is 20.0 Å². The van der Waals surface area contributed by atoms with Gasteiger partial charge in [-0.3, -0.25) is 4.31 Å². The zero-order valence-electron chi connectivity index (χ0n) is 23.8. The highest BCUT2D eigenvalue weighted by Gasteiger charge is 2.46. The summed E-state index contributed by atoms with van der Waals surface area (Å²) in [6.07, 6.45) is 5.16. The Labute approximate surface area is 247 Å². The summed E-state index contributed by atoms with van der Waals surface area (Å²) in [4.78, 5) is 5.95. The molecule has 12 nitrogen and oxygen atoms in total. The minimum atomic E-state index is -3.92. The molecule has 0 saturated carbocycles. The van der Waals surface area contributed by atoms with Crippen LogP contribution in [0.2, 0.25) is 0 Å². The lowest BCUT2D eigenvalue weighted by molar-refractivity contribution is 0.323. The second-order valence-electron chi connectivity index (χ2n) is 10.8. The number of hydrogen-bond donors (Lipinski definition) is 0. The molecule has 0 amide bonds. The smallest absolute Gasteiger partial charge is 0.264 e. The molecule has 0 radical (unpaired) electrons. The highest BCUT2D eigenvalue weighted by molar-refractivity contribution is 7.89. The molecule has 0 N–H and O–H groups in total. The Hall–Kier alpha value is -3.54. The molecule has 14 heteroatoms. The van der Waals surface area contributed by atoms with Crippen LogP contribution in [0.3, 0.4) is 0 Å². The van der Waals surface area contributed by atoms with E-state index in [0.717, 1.165) is 16.7 Å². The van der Waals surface area contributed by atoms with Crippen molar-refractivity contribution in [2.75, 3.05) is 13.1 Å². The Balaban J connectivity index is 1.71. The first-order valence-corrected chi connectivity index (χ1v) is 16.9. The third-order valence-electron chi connectivity index (χ3n) is 7.90. The Morgan fingerprint density at radius 3 is 1.79 bits per heavy atom. The van der Waals surface area contributed by atoms with Crippen LogP contribution < -0.4 is 0 Å². The van der Waals surface area contributed by atoms with Crippen LogP contribution in [0.25, 0.3) is 20.9 Å². The molecule has 0 spiro atoms. The third-order valence-corrected chi connectivity index (χ3v) is 11.7. The maximum atomic E-state index is 14.1. The number of azide groups is 2. The number of sulfonamides is 2. The number of rotatable bonds is 13. The van der Waals surface area contributed by atoms with Crippen molar-refractivity contribution in [3.63, 3.8) is 0 Å². The van der Waals surface area contributed by atoms with Gasteiger partial charge in [-0.15, -0.1) is 0 Å². The van der Waals surface area contributed by atoms with Crippen molar-refractivity contribution in [2.45, 2.75) is 86.7 Å². The standard InChI is InChI=1S/C28H36N8O4S2/c1-21-7-12-26(13-8-21)41(37,38)35-20-23(19-25(35)6-4-18-32-34-30)28-16-11-24(5-3-17-31-33-29)36(28)42(39,40)27-14-9-22(2)10-15-27/h7-10,12-15,20,24-25,28H,3-6,11,16-19H2,1-2H3/t24-,25-,28-/m1/s1. The summed E-state index contributed by atoms with van der Waals surface area (Å²) in [5.41, 5.74) is 20.0. The van der Waals surface area contributed by atoms with Crippen molar-refractivity contribution in [3.8, 4) is 0 Å². The van der Waals surface area contributed by atoms with E-state index in [1.807, 2.05) is 13.8 Å². The number of nitrogens with zero attached hydrogens (tertiary/aromatic N) is 8. The Bertz CT molecular complexity index is 1600. The van der Waals surface area contributed by atoms with E-state index in [9.17, 15) is 16.8 Å². The van der Waals surface area contributed by atoms with E-state index in [-0.39, 0.29) is 28.9 Å². The number of benzene rings is 2. The lowest BCUT2D eigenvalue weighted by Crippen LogP contribution is -2.42. The number of hydrogen-bond acceptors (Lipinski definition) is 6. The van der Waals surface area contributed by atoms with Gasteiger partial charge in [-0.05, 0) is 99.7 Å². The first-order valence-electron chi connectivity index (χ1n) is 14.0. The lowest BCUT2D eigenvalue weighted by atomic mass is 9.99. The summed E-state index contributed by atoms with van der Waals surface area (Å²) in [6, 6.07) is 12.1. The predicted octanol–water partition coefficient (Wildman–Crippen LogP) is 6.35. The van der Waals surface area contributed by atoms with Gasteiger partial charge in [0.05, 0.1) is 9.79 Å². The molecule has 2 aromatic carbocycles. The molecule has 0 unspecified atom stereocenters. The number of aryl methyl sites for hydroxylation is 2. The van der Waals surface area contributed by atoms with Crippen molar-refractivity contribution in [1.29, 1.82) is 0 Å². The molecule has 224 valence electrons. The largest absolute Gasteiger partial charge is 0.270 e. The molecule has 2 aliphatic heterocycles. The zero-order valence-corrected chi connectivity index (χ0v) is 25.5. The van der Waals surface area contributed by atoms with E-state index in [0.29, 0.717) is 44.9 Å². The fraction of sp³-hybridized carbons (Fsp3) is 0.500. The summed E-state index contributed by atoms with van der Waals surface area (Å²) in [6.45, 7) is 4.29. The van der Waals surface area contributed by atoms with E-state index in [2.05, 4.69) is 20.1 Å². The molecule has 3 atom stereocenters. The van der Waals surface area contributed by atoms with Crippen LogP contribution in [0, 0.1) is 13.8 Å². The van der Waals surface area contributed by atoms with Crippen molar-refractivity contribution in [3.05, 3.63) is 92.3 Å². The monoisotopic (exact) mass is 612 g/mol. The highest BCUT2D eigenvalue weighted by atomic mass is 32.2. The Morgan fingerprint density at radius 1 is 0.762 bits per heavy atom. The Morgan fingerprint density at radius 2 is 1.26 bits per heavy atom. The molecule has 2 aliphatic rings. The first-order chi connectivity index (χ1) is 20.1. The zero-order chi connectivity index (χ0) is 30.3. The van der Waals surface area contributed by atoms with E-state index < -0.39 is 32.1 Å². The lowest BCUT2D eigenvalue weighted by Gasteiger charge is -2.30. The average Bonchev–Trinajstić information content (AvgIpc) is 3.59. The normalized spacial score (nSPS) is 21.0. The van der Waals surface area contributed by atoms with Gasteiger partial charge in [0.2, 0.25) is 10.0 Å². The van der Waals surface area contributed by atoms with Crippen LogP contribution in [0.4, 0.5) is 0 Å². The average molecular weight is 613 g/mol. The van der Waals surface area contributed by atoms with Gasteiger partial charge in [0.25, 0.3) is 10.0 Å². The molecule has 1 saturated heterocycles. The summed E-state index contributed by atoms with van der Waals surface area (Å²) >= 11 is 0. The summed E-state index contributed by atoms with van der Waals surface area (Å²) < 4.78 is 58.8. The molecule has 2 aromatic rings. The molecular weight excluding hydrogens is 576 g/mol. The molecular formula is C28H36N8O4S2. The highest BCUT2D eigenvalue weighted by Crippen LogP contribution is 2.42. The maximum absolute atomic E-state index is 14.1. The molecule has 1 fully saturated rings. The molecule has 2 heterocycles. The van der Waals surface area contributed by atoms with Crippen molar-refractivity contribution in [1.82, 2.24) is 8.61 Å². The second-order valence-corrected chi connectivity index (χ2v) is 14.5.